The Kier molecular flexibility index (Phi) is 3.60. The van der Waals surface area contributed by atoms with E-state index < -0.39 is 0 Å². The van der Waals surface area contributed by atoms with E-state index in [2.05, 4.69) is 0 Å². The van der Waals surface area contributed by atoms with Crippen LogP contribution >= 0.6 is 0 Å². The standard InChI is InChI=1S/C15H17NO3/c1-4-18-13-7-5-6-12(16)14(13)15(17)11-8-9(2)19-10(11)3/h5-8H,4,16H2,1-3H3. The second-order valence-corrected chi connectivity index (χ2v) is 4.31. The lowest BCUT2D eigenvalue weighted by Crippen LogP contribution is -2.09. The van der Waals surface area contributed by atoms with E-state index in [0.717, 1.165) is 0 Å². The number of hydrogen-bond donors (Lipinski definition) is 1. The molecule has 0 spiro atoms. The molecule has 1 heterocycles. The number of benzene rings is 1. The third-order valence-corrected chi connectivity index (χ3v) is 2.87. The zero-order valence-electron chi connectivity index (χ0n) is 11.3. The van der Waals surface area contributed by atoms with E-state index in [-0.39, 0.29) is 5.78 Å². The first-order chi connectivity index (χ1) is 9.04. The normalized spacial score (nSPS) is 10.5. The summed E-state index contributed by atoms with van der Waals surface area (Å²) in [5.74, 6) is 1.63. The van der Waals surface area contributed by atoms with Gasteiger partial charge in [-0.3, -0.25) is 4.79 Å². The molecule has 19 heavy (non-hydrogen) atoms. The van der Waals surface area contributed by atoms with Crippen molar-refractivity contribution in [2.24, 2.45) is 0 Å². The first-order valence-corrected chi connectivity index (χ1v) is 6.17. The molecule has 0 aliphatic carbocycles. The SMILES string of the molecule is CCOc1cccc(N)c1C(=O)c1cc(C)oc1C. The maximum atomic E-state index is 12.6. The van der Waals surface area contributed by atoms with Crippen LogP contribution in [0.15, 0.2) is 28.7 Å². The molecule has 0 radical (unpaired) electrons. The van der Waals surface area contributed by atoms with Crippen LogP contribution in [0, 0.1) is 13.8 Å². The summed E-state index contributed by atoms with van der Waals surface area (Å²) in [6.45, 7) is 5.92. The lowest BCUT2D eigenvalue weighted by molar-refractivity contribution is 0.103. The first-order valence-electron chi connectivity index (χ1n) is 6.17. The highest BCUT2D eigenvalue weighted by Gasteiger charge is 2.21. The first kappa shape index (κ1) is 13.2. The van der Waals surface area contributed by atoms with E-state index in [1.54, 1.807) is 31.2 Å². The molecule has 0 aliphatic rings. The molecule has 0 bridgehead atoms. The molecule has 0 saturated heterocycles. The predicted molar refractivity (Wildman–Crippen MR) is 73.6 cm³/mol. The summed E-state index contributed by atoms with van der Waals surface area (Å²) in [7, 11) is 0. The average molecular weight is 259 g/mol. The Morgan fingerprint density at radius 2 is 2.11 bits per heavy atom. The fourth-order valence-electron chi connectivity index (χ4n) is 2.06. The average Bonchev–Trinajstić information content (AvgIpc) is 2.68. The minimum Gasteiger partial charge on any atom is -0.493 e. The van der Waals surface area contributed by atoms with Crippen molar-refractivity contribution in [2.75, 3.05) is 12.3 Å². The van der Waals surface area contributed by atoms with Crippen LogP contribution in [0.5, 0.6) is 5.75 Å². The van der Waals surface area contributed by atoms with E-state index in [9.17, 15) is 4.79 Å². The summed E-state index contributed by atoms with van der Waals surface area (Å²) in [5.41, 5.74) is 7.25. The number of carbonyl (C=O) groups is 1. The maximum absolute atomic E-state index is 12.6. The molecular weight excluding hydrogens is 242 g/mol. The molecule has 2 rings (SSSR count). The van der Waals surface area contributed by atoms with Crippen molar-refractivity contribution < 1.29 is 13.9 Å². The van der Waals surface area contributed by atoms with Crippen molar-refractivity contribution in [1.82, 2.24) is 0 Å². The third-order valence-electron chi connectivity index (χ3n) is 2.87. The van der Waals surface area contributed by atoms with Gasteiger partial charge in [0.2, 0.25) is 5.78 Å². The molecule has 1 aromatic heterocycles. The quantitative estimate of drug-likeness (QED) is 0.676. The van der Waals surface area contributed by atoms with Crippen LogP contribution in [0.1, 0.15) is 34.4 Å². The van der Waals surface area contributed by atoms with E-state index in [1.165, 1.54) is 0 Å². The summed E-state index contributed by atoms with van der Waals surface area (Å²) in [5, 5.41) is 0. The van der Waals surface area contributed by atoms with Gasteiger partial charge in [0.25, 0.3) is 0 Å². The Morgan fingerprint density at radius 1 is 1.37 bits per heavy atom. The molecule has 1 aromatic carbocycles. The zero-order chi connectivity index (χ0) is 14.0. The molecule has 2 aromatic rings. The molecule has 0 saturated carbocycles. The van der Waals surface area contributed by atoms with Gasteiger partial charge in [0.15, 0.2) is 0 Å². The number of nitrogens with two attached hydrogens (primary N) is 1. The molecule has 0 aliphatic heterocycles. The lowest BCUT2D eigenvalue weighted by atomic mass is 10.0. The van der Waals surface area contributed by atoms with Crippen molar-refractivity contribution in [1.29, 1.82) is 0 Å². The van der Waals surface area contributed by atoms with Gasteiger partial charge >= 0.3 is 0 Å². The van der Waals surface area contributed by atoms with Gasteiger partial charge in [-0.25, -0.2) is 0 Å². The maximum Gasteiger partial charge on any atom is 0.202 e. The molecule has 100 valence electrons. The van der Waals surface area contributed by atoms with Crippen molar-refractivity contribution >= 4 is 11.5 Å². The summed E-state index contributed by atoms with van der Waals surface area (Å²) >= 11 is 0. The highest BCUT2D eigenvalue weighted by molar-refractivity contribution is 6.14. The summed E-state index contributed by atoms with van der Waals surface area (Å²) < 4.78 is 10.9. The Labute approximate surface area is 112 Å². The fourth-order valence-corrected chi connectivity index (χ4v) is 2.06. The Hall–Kier alpha value is -2.23. The highest BCUT2D eigenvalue weighted by Crippen LogP contribution is 2.29. The van der Waals surface area contributed by atoms with E-state index in [4.69, 9.17) is 14.9 Å². The Bertz CT molecular complexity index is 614. The lowest BCUT2D eigenvalue weighted by Gasteiger charge is -2.11. The number of ether oxygens (including phenoxy) is 1. The van der Waals surface area contributed by atoms with Crippen LogP contribution < -0.4 is 10.5 Å². The molecule has 0 fully saturated rings. The van der Waals surface area contributed by atoms with Gasteiger partial charge in [0.05, 0.1) is 17.7 Å². The van der Waals surface area contributed by atoms with Crippen LogP contribution in [0.25, 0.3) is 0 Å². The molecule has 0 atom stereocenters. The molecule has 4 heteroatoms. The zero-order valence-corrected chi connectivity index (χ0v) is 11.3. The van der Waals surface area contributed by atoms with Crippen molar-refractivity contribution in [3.8, 4) is 5.75 Å². The molecule has 2 N–H and O–H groups in total. The van der Waals surface area contributed by atoms with E-state index >= 15 is 0 Å². The monoisotopic (exact) mass is 259 g/mol. The summed E-state index contributed by atoms with van der Waals surface area (Å²) in [6.07, 6.45) is 0. The van der Waals surface area contributed by atoms with Crippen LogP contribution in [0.2, 0.25) is 0 Å². The number of nitrogen functional groups attached to an aromatic ring is 1. The second kappa shape index (κ2) is 5.18. The van der Waals surface area contributed by atoms with Gasteiger partial charge in [0.1, 0.15) is 17.3 Å². The van der Waals surface area contributed by atoms with Gasteiger partial charge in [-0.05, 0) is 39.0 Å². The highest BCUT2D eigenvalue weighted by atomic mass is 16.5. The minimum atomic E-state index is -0.170. The van der Waals surface area contributed by atoms with Gasteiger partial charge in [-0.1, -0.05) is 6.07 Å². The third kappa shape index (κ3) is 2.47. The number of anilines is 1. The van der Waals surface area contributed by atoms with Crippen LogP contribution in [0.3, 0.4) is 0 Å². The molecule has 0 unspecified atom stereocenters. The second-order valence-electron chi connectivity index (χ2n) is 4.31. The minimum absolute atomic E-state index is 0.170. The van der Waals surface area contributed by atoms with E-state index in [1.807, 2.05) is 13.8 Å². The van der Waals surface area contributed by atoms with Gasteiger partial charge < -0.3 is 14.9 Å². The smallest absolute Gasteiger partial charge is 0.202 e. The largest absolute Gasteiger partial charge is 0.493 e. The number of furan rings is 1. The molecular formula is C15H17NO3. The van der Waals surface area contributed by atoms with Gasteiger partial charge in [-0.2, -0.15) is 0 Å². The van der Waals surface area contributed by atoms with Crippen molar-refractivity contribution in [3.63, 3.8) is 0 Å². The number of rotatable bonds is 4. The number of hydrogen-bond acceptors (Lipinski definition) is 4. The van der Waals surface area contributed by atoms with Gasteiger partial charge in [0, 0.05) is 5.69 Å². The van der Waals surface area contributed by atoms with Crippen molar-refractivity contribution in [3.05, 3.63) is 46.9 Å². The van der Waals surface area contributed by atoms with Crippen LogP contribution in [0.4, 0.5) is 5.69 Å². The molecule has 4 nitrogen and oxygen atoms in total. The Balaban J connectivity index is 2.52. The number of carbonyl (C=O) groups excluding carboxylic acids is 1. The summed E-state index contributed by atoms with van der Waals surface area (Å²) in [4.78, 5) is 12.6. The number of aryl methyl sites for hydroxylation is 2. The topological polar surface area (TPSA) is 65.5 Å². The fraction of sp³-hybridized carbons (Fsp3) is 0.267. The van der Waals surface area contributed by atoms with E-state index in [0.29, 0.717) is 40.7 Å². The molecule has 0 amide bonds. The van der Waals surface area contributed by atoms with Crippen LogP contribution in [-0.2, 0) is 0 Å². The Morgan fingerprint density at radius 3 is 2.68 bits per heavy atom. The predicted octanol–water partition coefficient (Wildman–Crippen LogP) is 3.11. The summed E-state index contributed by atoms with van der Waals surface area (Å²) in [6, 6.07) is 6.93. The number of ketones is 1. The van der Waals surface area contributed by atoms with Crippen LogP contribution in [-0.4, -0.2) is 12.4 Å². The van der Waals surface area contributed by atoms with Crippen molar-refractivity contribution in [2.45, 2.75) is 20.8 Å². The van der Waals surface area contributed by atoms with Gasteiger partial charge in [-0.15, -0.1) is 0 Å².